The Morgan fingerprint density at radius 3 is 2.15 bits per heavy atom. The molecule has 0 spiro atoms. The van der Waals surface area contributed by atoms with Crippen molar-refractivity contribution in [2.45, 2.75) is 52.1 Å². The molecule has 0 atom stereocenters. The van der Waals surface area contributed by atoms with Crippen molar-refractivity contribution in [2.24, 2.45) is 5.41 Å². The molecule has 0 bridgehead atoms. The van der Waals surface area contributed by atoms with Crippen molar-refractivity contribution in [3.63, 3.8) is 0 Å². The summed E-state index contributed by atoms with van der Waals surface area (Å²) in [6, 6.07) is 0. The van der Waals surface area contributed by atoms with Gasteiger partial charge in [0.05, 0.1) is 0 Å². The second-order valence-electron chi connectivity index (χ2n) is 4.73. The highest BCUT2D eigenvalue weighted by atomic mass is 17.2. The van der Waals surface area contributed by atoms with Gasteiger partial charge in [-0.05, 0) is 18.3 Å². The van der Waals surface area contributed by atoms with E-state index in [-0.39, 0.29) is 11.0 Å². The Morgan fingerprint density at radius 1 is 1.23 bits per heavy atom. The zero-order chi connectivity index (χ0) is 9.95. The molecule has 0 aliphatic heterocycles. The molecule has 1 rings (SSSR count). The summed E-state index contributed by atoms with van der Waals surface area (Å²) in [5.41, 5.74) is -0.250. The van der Waals surface area contributed by atoms with Gasteiger partial charge in [-0.2, -0.15) is 4.89 Å². The van der Waals surface area contributed by atoms with Crippen molar-refractivity contribution in [2.75, 3.05) is 0 Å². The average Bonchev–Trinajstić information content (AvgIpc) is 2.48. The first kappa shape index (κ1) is 10.5. The van der Waals surface area contributed by atoms with Gasteiger partial charge in [-0.25, -0.2) is 0 Å². The summed E-state index contributed by atoms with van der Waals surface area (Å²) in [6.07, 6.45) is 4.26. The number of carbonyl (C=O) groups excluding carboxylic acids is 1. The molecule has 76 valence electrons. The fraction of sp³-hybridized carbons (Fsp3) is 0.900. The first-order chi connectivity index (χ1) is 6.02. The van der Waals surface area contributed by atoms with Crippen LogP contribution in [-0.4, -0.2) is 12.1 Å². The lowest BCUT2D eigenvalue weighted by Crippen LogP contribution is -2.42. The van der Waals surface area contributed by atoms with Gasteiger partial charge in [0.2, 0.25) is 0 Å². The summed E-state index contributed by atoms with van der Waals surface area (Å²) in [5, 5.41) is 0. The van der Waals surface area contributed by atoms with Crippen LogP contribution in [0.4, 0.5) is 0 Å². The zero-order valence-corrected chi connectivity index (χ0v) is 8.63. The minimum Gasteiger partial charge on any atom is -0.301 e. The van der Waals surface area contributed by atoms with Crippen LogP contribution < -0.4 is 0 Å². The van der Waals surface area contributed by atoms with Crippen molar-refractivity contribution < 1.29 is 14.6 Å². The van der Waals surface area contributed by atoms with Crippen LogP contribution in [-0.2, 0) is 14.6 Å². The summed E-state index contributed by atoms with van der Waals surface area (Å²) >= 11 is 0. The molecule has 0 aromatic heterocycles. The molecule has 1 fully saturated rings. The molecule has 1 aliphatic rings. The van der Waals surface area contributed by atoms with Crippen molar-refractivity contribution in [1.82, 2.24) is 0 Å². The summed E-state index contributed by atoms with van der Waals surface area (Å²) < 4.78 is 0. The van der Waals surface area contributed by atoms with E-state index in [2.05, 4.69) is 25.7 Å². The third-order valence-corrected chi connectivity index (χ3v) is 3.02. The van der Waals surface area contributed by atoms with Crippen LogP contribution in [0.3, 0.4) is 0 Å². The Morgan fingerprint density at radius 2 is 1.77 bits per heavy atom. The average molecular weight is 186 g/mol. The van der Waals surface area contributed by atoms with E-state index in [9.17, 15) is 4.79 Å². The van der Waals surface area contributed by atoms with Gasteiger partial charge in [-0.3, -0.25) is 4.79 Å². The number of hydrogen-bond acceptors (Lipinski definition) is 3. The third kappa shape index (κ3) is 2.02. The molecular weight excluding hydrogens is 168 g/mol. The molecule has 0 heterocycles. The SMILES string of the molecule is CC(C)(C)C1(OOC=O)CCCC1. The van der Waals surface area contributed by atoms with E-state index < -0.39 is 0 Å². The molecule has 1 aliphatic carbocycles. The number of hydrogen-bond donors (Lipinski definition) is 0. The van der Waals surface area contributed by atoms with Crippen molar-refractivity contribution >= 4 is 6.47 Å². The van der Waals surface area contributed by atoms with Gasteiger partial charge >= 0.3 is 6.47 Å². The van der Waals surface area contributed by atoms with Gasteiger partial charge in [-0.1, -0.05) is 33.6 Å². The molecule has 0 unspecified atom stereocenters. The number of carbonyl (C=O) groups is 1. The van der Waals surface area contributed by atoms with E-state index in [0.717, 1.165) is 25.7 Å². The van der Waals surface area contributed by atoms with E-state index in [1.807, 2.05) is 0 Å². The molecule has 3 heteroatoms. The maximum Gasteiger partial charge on any atom is 0.330 e. The molecule has 13 heavy (non-hydrogen) atoms. The van der Waals surface area contributed by atoms with Crippen LogP contribution in [0.1, 0.15) is 46.5 Å². The monoisotopic (exact) mass is 186 g/mol. The minimum atomic E-state index is -0.270. The van der Waals surface area contributed by atoms with Gasteiger partial charge < -0.3 is 4.89 Å². The second-order valence-corrected chi connectivity index (χ2v) is 4.73. The fourth-order valence-electron chi connectivity index (χ4n) is 2.02. The molecule has 0 amide bonds. The highest BCUT2D eigenvalue weighted by Crippen LogP contribution is 2.46. The lowest BCUT2D eigenvalue weighted by molar-refractivity contribution is -0.345. The van der Waals surface area contributed by atoms with E-state index in [0.29, 0.717) is 6.47 Å². The van der Waals surface area contributed by atoms with Crippen LogP contribution in [0, 0.1) is 5.41 Å². The molecule has 0 radical (unpaired) electrons. The van der Waals surface area contributed by atoms with E-state index in [4.69, 9.17) is 4.89 Å². The van der Waals surface area contributed by atoms with Gasteiger partial charge in [0, 0.05) is 0 Å². The zero-order valence-electron chi connectivity index (χ0n) is 8.63. The highest BCUT2D eigenvalue weighted by molar-refractivity contribution is 5.35. The summed E-state index contributed by atoms with van der Waals surface area (Å²) in [7, 11) is 0. The molecule has 0 N–H and O–H groups in total. The van der Waals surface area contributed by atoms with Gasteiger partial charge in [-0.15, -0.1) is 0 Å². The summed E-state index contributed by atoms with van der Waals surface area (Å²) in [6.45, 7) is 6.71. The lowest BCUT2D eigenvalue weighted by atomic mass is 9.75. The smallest absolute Gasteiger partial charge is 0.301 e. The standard InChI is InChI=1S/C10H18O3/c1-9(2,3)10(13-12-8-11)6-4-5-7-10/h8H,4-7H2,1-3H3. The quantitative estimate of drug-likeness (QED) is 0.386. The van der Waals surface area contributed by atoms with Crippen LogP contribution in [0.25, 0.3) is 0 Å². The predicted molar refractivity (Wildman–Crippen MR) is 48.9 cm³/mol. The maximum absolute atomic E-state index is 10.1. The Labute approximate surface area is 79.3 Å². The Hall–Kier alpha value is -0.570. The van der Waals surface area contributed by atoms with E-state index >= 15 is 0 Å². The molecule has 0 aromatic carbocycles. The van der Waals surface area contributed by atoms with Crippen molar-refractivity contribution in [3.8, 4) is 0 Å². The molecule has 1 saturated carbocycles. The first-order valence-electron chi connectivity index (χ1n) is 4.80. The Balaban J connectivity index is 2.69. The van der Waals surface area contributed by atoms with Gasteiger partial charge in [0.25, 0.3) is 0 Å². The number of rotatable bonds is 3. The first-order valence-corrected chi connectivity index (χ1v) is 4.80. The predicted octanol–water partition coefficient (Wildman–Crippen LogP) is 2.45. The Kier molecular flexibility index (Phi) is 2.96. The second kappa shape index (κ2) is 3.66. The van der Waals surface area contributed by atoms with Gasteiger partial charge in [0.1, 0.15) is 5.60 Å². The largest absolute Gasteiger partial charge is 0.330 e. The maximum atomic E-state index is 10.1. The topological polar surface area (TPSA) is 35.5 Å². The highest BCUT2D eigenvalue weighted by Gasteiger charge is 2.47. The summed E-state index contributed by atoms with van der Waals surface area (Å²) in [4.78, 5) is 19.8. The van der Waals surface area contributed by atoms with Crippen LogP contribution in [0.2, 0.25) is 0 Å². The van der Waals surface area contributed by atoms with Crippen molar-refractivity contribution in [3.05, 3.63) is 0 Å². The lowest BCUT2D eigenvalue weighted by Gasteiger charge is -2.38. The minimum absolute atomic E-state index is 0.0203. The normalized spacial score (nSPS) is 21.5. The van der Waals surface area contributed by atoms with E-state index in [1.54, 1.807) is 0 Å². The molecule has 0 saturated heterocycles. The molecule has 3 nitrogen and oxygen atoms in total. The fourth-order valence-corrected chi connectivity index (χ4v) is 2.02. The van der Waals surface area contributed by atoms with Crippen LogP contribution in [0.15, 0.2) is 0 Å². The van der Waals surface area contributed by atoms with Crippen LogP contribution in [0.5, 0.6) is 0 Å². The molecule has 0 aromatic rings. The molecular formula is C10H18O3. The Bertz CT molecular complexity index is 175. The third-order valence-electron chi connectivity index (χ3n) is 3.02. The van der Waals surface area contributed by atoms with Crippen LogP contribution >= 0.6 is 0 Å². The summed E-state index contributed by atoms with van der Waals surface area (Å²) in [5.74, 6) is 0. The van der Waals surface area contributed by atoms with E-state index in [1.165, 1.54) is 0 Å². The van der Waals surface area contributed by atoms with Crippen molar-refractivity contribution in [1.29, 1.82) is 0 Å². The van der Waals surface area contributed by atoms with Gasteiger partial charge in [0.15, 0.2) is 0 Å².